The van der Waals surface area contributed by atoms with Gasteiger partial charge in [-0.3, -0.25) is 4.79 Å². The summed E-state index contributed by atoms with van der Waals surface area (Å²) >= 11 is 0. The fourth-order valence-electron chi connectivity index (χ4n) is 3.54. The molecule has 0 spiro atoms. The van der Waals surface area contributed by atoms with Crippen LogP contribution >= 0.6 is 0 Å². The lowest BCUT2D eigenvalue weighted by Crippen LogP contribution is -2.56. The molecule has 120 valence electrons. The maximum Gasteiger partial charge on any atom is 0.329 e. The number of carboxylic acid groups (broad SMARTS) is 1. The van der Waals surface area contributed by atoms with Gasteiger partial charge in [0.15, 0.2) is 0 Å². The molecule has 0 aromatic heterocycles. The molecule has 4 nitrogen and oxygen atoms in total. The highest BCUT2D eigenvalue weighted by Gasteiger charge is 2.45. The van der Waals surface area contributed by atoms with Crippen LogP contribution in [0.2, 0.25) is 0 Å². The van der Waals surface area contributed by atoms with Crippen molar-refractivity contribution in [2.24, 2.45) is 0 Å². The molecule has 0 heterocycles. The first-order valence-electron chi connectivity index (χ1n) is 8.05. The molecular formula is C19H21NO3. The molecule has 0 saturated heterocycles. The van der Waals surface area contributed by atoms with Gasteiger partial charge in [-0.2, -0.15) is 0 Å². The quantitative estimate of drug-likeness (QED) is 0.940. The summed E-state index contributed by atoms with van der Waals surface area (Å²) in [4.78, 5) is 26.2. The minimum Gasteiger partial charge on any atom is -0.479 e. The van der Waals surface area contributed by atoms with Gasteiger partial charge in [0.1, 0.15) is 5.54 Å². The van der Waals surface area contributed by atoms with E-state index in [0.29, 0.717) is 18.4 Å². The second kappa shape index (κ2) is 6.03. The van der Waals surface area contributed by atoms with Crippen LogP contribution in [0.1, 0.15) is 42.5 Å². The summed E-state index contributed by atoms with van der Waals surface area (Å²) in [6.45, 7) is 0. The first-order valence-corrected chi connectivity index (χ1v) is 8.05. The molecular weight excluding hydrogens is 290 g/mol. The van der Waals surface area contributed by atoms with Gasteiger partial charge in [0, 0.05) is 12.6 Å². The maximum absolute atomic E-state index is 12.9. The molecule has 4 heteroatoms. The highest BCUT2D eigenvalue weighted by Crippen LogP contribution is 2.34. The Morgan fingerprint density at radius 2 is 1.65 bits per heavy atom. The molecule has 1 saturated carbocycles. The minimum atomic E-state index is -1.07. The van der Waals surface area contributed by atoms with Crippen LogP contribution in [0.15, 0.2) is 42.5 Å². The second-order valence-corrected chi connectivity index (χ2v) is 6.32. The smallest absolute Gasteiger partial charge is 0.329 e. The van der Waals surface area contributed by atoms with Crippen LogP contribution in [0, 0.1) is 0 Å². The van der Waals surface area contributed by atoms with Crippen LogP contribution < -0.4 is 0 Å². The first kappa shape index (κ1) is 15.5. The number of aliphatic carboxylic acids is 1. The molecule has 0 aliphatic heterocycles. The molecule has 1 N–H and O–H groups in total. The molecule has 2 aromatic carbocycles. The monoisotopic (exact) mass is 311 g/mol. The van der Waals surface area contributed by atoms with Crippen molar-refractivity contribution >= 4 is 22.6 Å². The molecule has 0 unspecified atom stereocenters. The van der Waals surface area contributed by atoms with E-state index in [4.69, 9.17) is 0 Å². The predicted octanol–water partition coefficient (Wildman–Crippen LogP) is 3.70. The van der Waals surface area contributed by atoms with Crippen LogP contribution in [0.3, 0.4) is 0 Å². The second-order valence-electron chi connectivity index (χ2n) is 6.32. The molecule has 1 fully saturated rings. The Kier molecular flexibility index (Phi) is 4.07. The van der Waals surface area contributed by atoms with Gasteiger partial charge in [-0.15, -0.1) is 0 Å². The van der Waals surface area contributed by atoms with Crippen molar-refractivity contribution in [3.8, 4) is 0 Å². The van der Waals surface area contributed by atoms with Crippen molar-refractivity contribution in [2.75, 3.05) is 7.05 Å². The van der Waals surface area contributed by atoms with Gasteiger partial charge >= 0.3 is 5.97 Å². The van der Waals surface area contributed by atoms with Gasteiger partial charge in [-0.25, -0.2) is 4.79 Å². The van der Waals surface area contributed by atoms with E-state index in [2.05, 4.69) is 0 Å². The van der Waals surface area contributed by atoms with Crippen molar-refractivity contribution in [3.05, 3.63) is 48.0 Å². The SMILES string of the molecule is CN(C(=O)c1ccc2ccccc2c1)C1(C(=O)O)CCCCC1. The molecule has 23 heavy (non-hydrogen) atoms. The zero-order chi connectivity index (χ0) is 16.4. The zero-order valence-electron chi connectivity index (χ0n) is 13.3. The normalized spacial score (nSPS) is 16.9. The summed E-state index contributed by atoms with van der Waals surface area (Å²) in [6.07, 6.45) is 3.78. The van der Waals surface area contributed by atoms with Gasteiger partial charge in [0.05, 0.1) is 0 Å². The molecule has 1 aliphatic carbocycles. The molecule has 1 amide bonds. The summed E-state index contributed by atoms with van der Waals surface area (Å²) in [7, 11) is 1.62. The number of benzene rings is 2. The number of carbonyl (C=O) groups excluding carboxylic acids is 1. The Morgan fingerprint density at radius 3 is 2.30 bits per heavy atom. The number of fused-ring (bicyclic) bond motifs is 1. The van der Waals surface area contributed by atoms with Crippen molar-refractivity contribution < 1.29 is 14.7 Å². The Labute approximate surface area is 135 Å². The predicted molar refractivity (Wildman–Crippen MR) is 89.5 cm³/mol. The van der Waals surface area contributed by atoms with Gasteiger partial charge in [-0.05, 0) is 35.7 Å². The number of carbonyl (C=O) groups is 2. The third-order valence-electron chi connectivity index (χ3n) is 5.02. The van der Waals surface area contributed by atoms with Crippen LogP contribution in [0.4, 0.5) is 0 Å². The average Bonchev–Trinajstić information content (AvgIpc) is 2.60. The number of likely N-dealkylation sites (N-methyl/N-ethyl adjacent to an activating group) is 1. The van der Waals surface area contributed by atoms with Crippen LogP contribution in [-0.4, -0.2) is 34.5 Å². The lowest BCUT2D eigenvalue weighted by molar-refractivity contribution is -0.151. The molecule has 0 bridgehead atoms. The summed E-state index contributed by atoms with van der Waals surface area (Å²) in [5, 5.41) is 11.8. The largest absolute Gasteiger partial charge is 0.479 e. The van der Waals surface area contributed by atoms with E-state index in [9.17, 15) is 14.7 Å². The van der Waals surface area contributed by atoms with Crippen molar-refractivity contribution in [1.82, 2.24) is 4.90 Å². The van der Waals surface area contributed by atoms with Gasteiger partial charge in [0.25, 0.3) is 5.91 Å². The highest BCUT2D eigenvalue weighted by atomic mass is 16.4. The topological polar surface area (TPSA) is 57.6 Å². The minimum absolute atomic E-state index is 0.222. The number of carboxylic acids is 1. The zero-order valence-corrected chi connectivity index (χ0v) is 13.3. The molecule has 0 radical (unpaired) electrons. The summed E-state index contributed by atoms with van der Waals surface area (Å²) in [5.74, 6) is -1.12. The molecule has 0 atom stereocenters. The number of rotatable bonds is 3. The fourth-order valence-corrected chi connectivity index (χ4v) is 3.54. The van der Waals surface area contributed by atoms with E-state index in [0.717, 1.165) is 30.0 Å². The van der Waals surface area contributed by atoms with Crippen molar-refractivity contribution in [1.29, 1.82) is 0 Å². The van der Waals surface area contributed by atoms with Crippen molar-refractivity contribution in [2.45, 2.75) is 37.6 Å². The average molecular weight is 311 g/mol. The summed E-state index contributed by atoms with van der Waals surface area (Å²) in [6, 6.07) is 13.4. The first-order chi connectivity index (χ1) is 11.0. The number of amides is 1. The highest BCUT2D eigenvalue weighted by molar-refractivity contribution is 6.00. The van der Waals surface area contributed by atoms with Crippen LogP contribution in [-0.2, 0) is 4.79 Å². The standard InChI is InChI=1S/C19H21NO3/c1-20(19(18(22)23)11-5-2-6-12-19)17(21)16-10-9-14-7-3-4-8-15(14)13-16/h3-4,7-10,13H,2,5-6,11-12H2,1H3,(H,22,23). The number of hydrogen-bond donors (Lipinski definition) is 1. The van der Waals surface area contributed by atoms with Crippen LogP contribution in [0.25, 0.3) is 10.8 Å². The van der Waals surface area contributed by atoms with Crippen LogP contribution in [0.5, 0.6) is 0 Å². The summed E-state index contributed by atoms with van der Waals surface area (Å²) < 4.78 is 0. The fraction of sp³-hybridized carbons (Fsp3) is 0.368. The van der Waals surface area contributed by atoms with E-state index in [1.165, 1.54) is 4.90 Å². The number of nitrogens with zero attached hydrogens (tertiary/aromatic N) is 1. The van der Waals surface area contributed by atoms with E-state index >= 15 is 0 Å². The van der Waals surface area contributed by atoms with Crippen molar-refractivity contribution in [3.63, 3.8) is 0 Å². The molecule has 2 aromatic rings. The van der Waals surface area contributed by atoms with E-state index in [1.54, 1.807) is 13.1 Å². The summed E-state index contributed by atoms with van der Waals surface area (Å²) in [5.41, 5.74) is -0.529. The third-order valence-corrected chi connectivity index (χ3v) is 5.02. The molecule has 1 aliphatic rings. The number of hydrogen-bond acceptors (Lipinski definition) is 2. The van der Waals surface area contributed by atoms with Gasteiger partial charge in [-0.1, -0.05) is 49.6 Å². The Bertz CT molecular complexity index is 747. The van der Waals surface area contributed by atoms with E-state index < -0.39 is 11.5 Å². The van der Waals surface area contributed by atoms with E-state index in [1.807, 2.05) is 36.4 Å². The van der Waals surface area contributed by atoms with Gasteiger partial charge < -0.3 is 10.0 Å². The molecule has 3 rings (SSSR count). The third kappa shape index (κ3) is 2.69. The Hall–Kier alpha value is -2.36. The van der Waals surface area contributed by atoms with E-state index in [-0.39, 0.29) is 5.91 Å². The lowest BCUT2D eigenvalue weighted by Gasteiger charge is -2.41. The Morgan fingerprint density at radius 1 is 1.00 bits per heavy atom. The lowest BCUT2D eigenvalue weighted by atomic mass is 9.80. The Balaban J connectivity index is 1.94. The maximum atomic E-state index is 12.9. The van der Waals surface area contributed by atoms with Gasteiger partial charge in [0.2, 0.25) is 0 Å².